The van der Waals surface area contributed by atoms with Crippen molar-refractivity contribution < 1.29 is 14.4 Å². The Hall–Kier alpha value is -2.87. The van der Waals surface area contributed by atoms with Crippen molar-refractivity contribution in [3.8, 4) is 0 Å². The zero-order valence-electron chi connectivity index (χ0n) is 15.0. The summed E-state index contributed by atoms with van der Waals surface area (Å²) in [4.78, 5) is 35.9. The number of hydrogen-bond acceptors (Lipinski definition) is 3. The van der Waals surface area contributed by atoms with E-state index in [1.165, 1.54) is 6.92 Å². The zero-order valence-corrected chi connectivity index (χ0v) is 16.6. The van der Waals surface area contributed by atoms with Crippen molar-refractivity contribution in [3.63, 3.8) is 0 Å². The van der Waals surface area contributed by atoms with Crippen LogP contribution >= 0.6 is 15.9 Å². The van der Waals surface area contributed by atoms with Gasteiger partial charge >= 0.3 is 6.03 Å². The summed E-state index contributed by atoms with van der Waals surface area (Å²) in [6.07, 6.45) is 0. The number of rotatable bonds is 6. The van der Waals surface area contributed by atoms with Crippen LogP contribution in [0.4, 0.5) is 16.2 Å². The normalized spacial score (nSPS) is 11.2. The van der Waals surface area contributed by atoms with Crippen LogP contribution in [0.25, 0.3) is 0 Å². The molecule has 0 saturated heterocycles. The van der Waals surface area contributed by atoms with Gasteiger partial charge in [-0.25, -0.2) is 4.79 Å². The molecule has 0 saturated carbocycles. The van der Waals surface area contributed by atoms with Gasteiger partial charge < -0.3 is 21.3 Å². The largest absolute Gasteiger partial charge is 0.345 e. The molecule has 0 spiro atoms. The summed E-state index contributed by atoms with van der Waals surface area (Å²) in [6.45, 7) is 3.22. The van der Waals surface area contributed by atoms with Gasteiger partial charge in [0.1, 0.15) is 6.04 Å². The Kier molecular flexibility index (Phi) is 7.36. The number of hydrogen-bond donors (Lipinski definition) is 4. The average Bonchev–Trinajstić information content (AvgIpc) is 2.62. The molecule has 0 heterocycles. The minimum Gasteiger partial charge on any atom is -0.345 e. The molecule has 1 atom stereocenters. The van der Waals surface area contributed by atoms with Crippen LogP contribution < -0.4 is 21.3 Å². The van der Waals surface area contributed by atoms with Crippen molar-refractivity contribution in [3.05, 3.63) is 58.6 Å². The number of urea groups is 1. The molecule has 2 rings (SSSR count). The lowest BCUT2D eigenvalue weighted by Crippen LogP contribution is -2.47. The highest BCUT2D eigenvalue weighted by molar-refractivity contribution is 9.10. The molecule has 0 aliphatic carbocycles. The molecule has 8 heteroatoms. The van der Waals surface area contributed by atoms with Crippen molar-refractivity contribution >= 4 is 45.2 Å². The molecule has 2 aromatic carbocycles. The summed E-state index contributed by atoms with van der Waals surface area (Å²) in [6, 6.07) is 13.1. The lowest BCUT2D eigenvalue weighted by molar-refractivity contribution is -0.125. The Balaban J connectivity index is 1.76. The summed E-state index contributed by atoms with van der Waals surface area (Å²) in [5.74, 6) is -0.810. The van der Waals surface area contributed by atoms with E-state index < -0.39 is 18.0 Å². The summed E-state index contributed by atoms with van der Waals surface area (Å²) in [5.41, 5.74) is 2.19. The average molecular weight is 433 g/mol. The number of para-hydroxylation sites is 1. The van der Waals surface area contributed by atoms with Gasteiger partial charge in [0.15, 0.2) is 0 Å². The maximum atomic E-state index is 12.1. The van der Waals surface area contributed by atoms with E-state index in [1.807, 2.05) is 25.1 Å². The summed E-state index contributed by atoms with van der Waals surface area (Å²) < 4.78 is 0.917. The number of nitrogens with one attached hydrogen (secondary N) is 4. The van der Waals surface area contributed by atoms with Crippen LogP contribution in [0.1, 0.15) is 12.5 Å². The molecule has 1 unspecified atom stereocenters. The smallest absolute Gasteiger partial charge is 0.319 e. The van der Waals surface area contributed by atoms with Crippen molar-refractivity contribution in [1.82, 2.24) is 10.6 Å². The van der Waals surface area contributed by atoms with Gasteiger partial charge in [-0.15, -0.1) is 0 Å². The number of benzene rings is 2. The Morgan fingerprint density at radius 2 is 1.74 bits per heavy atom. The van der Waals surface area contributed by atoms with E-state index in [4.69, 9.17) is 0 Å². The number of carbonyl (C=O) groups is 3. The van der Waals surface area contributed by atoms with Gasteiger partial charge in [-0.2, -0.15) is 0 Å². The minimum absolute atomic E-state index is 0.194. The zero-order chi connectivity index (χ0) is 19.8. The molecule has 0 aromatic heterocycles. The summed E-state index contributed by atoms with van der Waals surface area (Å²) in [7, 11) is 0. The molecular weight excluding hydrogens is 412 g/mol. The third kappa shape index (κ3) is 6.74. The van der Waals surface area contributed by atoms with Crippen LogP contribution in [0.15, 0.2) is 53.0 Å². The van der Waals surface area contributed by atoms with E-state index in [1.54, 1.807) is 30.3 Å². The highest BCUT2D eigenvalue weighted by atomic mass is 79.9. The van der Waals surface area contributed by atoms with Gasteiger partial charge in [0.25, 0.3) is 0 Å². The fraction of sp³-hybridized carbons (Fsp3) is 0.211. The Bertz CT molecular complexity index is 827. The fourth-order valence-corrected chi connectivity index (χ4v) is 2.71. The van der Waals surface area contributed by atoms with E-state index in [2.05, 4.69) is 37.2 Å². The van der Waals surface area contributed by atoms with E-state index in [-0.39, 0.29) is 12.5 Å². The maximum Gasteiger partial charge on any atom is 0.319 e. The Morgan fingerprint density at radius 1 is 1.04 bits per heavy atom. The second kappa shape index (κ2) is 9.72. The number of carbonyl (C=O) groups excluding carboxylic acids is 3. The predicted octanol–water partition coefficient (Wildman–Crippen LogP) is 3.02. The first kappa shape index (κ1) is 20.4. The van der Waals surface area contributed by atoms with Gasteiger partial charge in [-0.3, -0.25) is 9.59 Å². The Labute approximate surface area is 166 Å². The van der Waals surface area contributed by atoms with E-state index in [0.29, 0.717) is 11.4 Å². The quantitative estimate of drug-likeness (QED) is 0.564. The molecule has 7 nitrogen and oxygen atoms in total. The topological polar surface area (TPSA) is 99.3 Å². The third-order valence-electron chi connectivity index (χ3n) is 3.66. The monoisotopic (exact) mass is 432 g/mol. The van der Waals surface area contributed by atoms with Gasteiger partial charge in [0.2, 0.25) is 11.8 Å². The van der Waals surface area contributed by atoms with Crippen LogP contribution in [0.3, 0.4) is 0 Å². The van der Waals surface area contributed by atoms with E-state index in [9.17, 15) is 14.4 Å². The SMILES string of the molecule is Cc1cc(Br)ccc1NC(=O)CNC(=O)C(C)NC(=O)Nc1ccccc1. The lowest BCUT2D eigenvalue weighted by atomic mass is 10.2. The number of anilines is 2. The first-order valence-corrected chi connectivity index (χ1v) is 9.10. The number of aryl methyl sites for hydroxylation is 1. The Morgan fingerprint density at radius 3 is 2.41 bits per heavy atom. The van der Waals surface area contributed by atoms with Crippen LogP contribution in [-0.4, -0.2) is 30.4 Å². The van der Waals surface area contributed by atoms with Gasteiger partial charge in [-0.05, 0) is 49.7 Å². The van der Waals surface area contributed by atoms with E-state index in [0.717, 1.165) is 10.0 Å². The fourth-order valence-electron chi connectivity index (χ4n) is 2.23. The second-order valence-electron chi connectivity index (χ2n) is 5.91. The van der Waals surface area contributed by atoms with E-state index >= 15 is 0 Å². The highest BCUT2D eigenvalue weighted by Gasteiger charge is 2.16. The molecule has 2 aromatic rings. The van der Waals surface area contributed by atoms with Gasteiger partial charge in [0, 0.05) is 15.8 Å². The molecule has 142 valence electrons. The molecule has 0 radical (unpaired) electrons. The molecule has 0 fully saturated rings. The summed E-state index contributed by atoms with van der Waals surface area (Å²) in [5, 5.41) is 10.4. The highest BCUT2D eigenvalue weighted by Crippen LogP contribution is 2.19. The molecule has 0 bridgehead atoms. The van der Waals surface area contributed by atoms with Crippen molar-refractivity contribution in [1.29, 1.82) is 0 Å². The second-order valence-corrected chi connectivity index (χ2v) is 6.83. The lowest BCUT2D eigenvalue weighted by Gasteiger charge is -2.15. The first-order valence-electron chi connectivity index (χ1n) is 8.31. The molecule has 0 aliphatic heterocycles. The predicted molar refractivity (Wildman–Crippen MR) is 109 cm³/mol. The maximum absolute atomic E-state index is 12.1. The van der Waals surface area contributed by atoms with Crippen LogP contribution in [-0.2, 0) is 9.59 Å². The molecule has 4 N–H and O–H groups in total. The molecule has 0 aliphatic rings. The standard InChI is InChI=1S/C19H21BrN4O3/c1-12-10-14(20)8-9-16(12)24-17(25)11-21-18(26)13(2)22-19(27)23-15-6-4-3-5-7-15/h3-10,13H,11H2,1-2H3,(H,21,26)(H,24,25)(H2,22,23,27). The van der Waals surface area contributed by atoms with Gasteiger partial charge in [0.05, 0.1) is 6.54 Å². The third-order valence-corrected chi connectivity index (χ3v) is 4.15. The molecule has 27 heavy (non-hydrogen) atoms. The van der Waals surface area contributed by atoms with Crippen LogP contribution in [0, 0.1) is 6.92 Å². The number of halogens is 1. The van der Waals surface area contributed by atoms with Crippen molar-refractivity contribution in [2.75, 3.05) is 17.2 Å². The van der Waals surface area contributed by atoms with Crippen molar-refractivity contribution in [2.24, 2.45) is 0 Å². The molecular formula is C19H21BrN4O3. The van der Waals surface area contributed by atoms with Crippen LogP contribution in [0.5, 0.6) is 0 Å². The minimum atomic E-state index is -0.795. The molecule has 4 amide bonds. The number of amides is 4. The van der Waals surface area contributed by atoms with Gasteiger partial charge in [-0.1, -0.05) is 34.1 Å². The summed E-state index contributed by atoms with van der Waals surface area (Å²) >= 11 is 3.36. The van der Waals surface area contributed by atoms with Crippen LogP contribution in [0.2, 0.25) is 0 Å². The van der Waals surface area contributed by atoms with Crippen molar-refractivity contribution in [2.45, 2.75) is 19.9 Å². The first-order chi connectivity index (χ1) is 12.8.